The van der Waals surface area contributed by atoms with E-state index in [1.807, 2.05) is 29.2 Å². The highest BCUT2D eigenvalue weighted by molar-refractivity contribution is 5.99. The molecular formula is C22H29N3O5. The Bertz CT molecular complexity index is 807. The molecule has 0 unspecified atom stereocenters. The third kappa shape index (κ3) is 4.59. The number of ether oxygens (including phenoxy) is 1. The third-order valence-corrected chi connectivity index (χ3v) is 6.29. The lowest BCUT2D eigenvalue weighted by Crippen LogP contribution is -2.54. The van der Waals surface area contributed by atoms with E-state index in [4.69, 9.17) is 9.84 Å². The van der Waals surface area contributed by atoms with Gasteiger partial charge in [-0.25, -0.2) is 4.79 Å². The van der Waals surface area contributed by atoms with Gasteiger partial charge in [0.1, 0.15) is 11.8 Å². The molecule has 2 saturated heterocycles. The first-order chi connectivity index (χ1) is 14.4. The normalized spacial score (nSPS) is 24.0. The van der Waals surface area contributed by atoms with E-state index in [0.717, 1.165) is 50.1 Å². The summed E-state index contributed by atoms with van der Waals surface area (Å²) < 4.78 is 5.82. The number of likely N-dealkylation sites (tertiary alicyclic amines) is 2. The zero-order valence-electron chi connectivity index (χ0n) is 17.3. The van der Waals surface area contributed by atoms with Crippen molar-refractivity contribution in [3.8, 4) is 5.75 Å². The second-order valence-electron chi connectivity index (χ2n) is 8.56. The number of carbonyl (C=O) groups excluding carboxylic acids is 2. The number of piperazine rings is 1. The number of carboxylic acid groups (broad SMARTS) is 1. The van der Waals surface area contributed by atoms with Crippen LogP contribution >= 0.6 is 0 Å². The first-order valence-electron chi connectivity index (χ1n) is 10.7. The van der Waals surface area contributed by atoms with Crippen LogP contribution in [0.5, 0.6) is 5.75 Å². The summed E-state index contributed by atoms with van der Waals surface area (Å²) in [6, 6.07) is 7.21. The maximum absolute atomic E-state index is 12.4. The van der Waals surface area contributed by atoms with E-state index in [2.05, 4.69) is 10.2 Å². The van der Waals surface area contributed by atoms with Crippen LogP contribution in [-0.4, -0.2) is 77.1 Å². The predicted octanol–water partition coefficient (Wildman–Crippen LogP) is 1.99. The lowest BCUT2D eigenvalue weighted by atomic mass is 10.1. The Kier molecular flexibility index (Phi) is 5.94. The molecule has 8 heteroatoms. The van der Waals surface area contributed by atoms with Crippen molar-refractivity contribution in [2.24, 2.45) is 5.92 Å². The Morgan fingerprint density at radius 2 is 1.90 bits per heavy atom. The van der Waals surface area contributed by atoms with E-state index in [0.29, 0.717) is 19.2 Å². The third-order valence-electron chi connectivity index (χ3n) is 6.29. The van der Waals surface area contributed by atoms with Crippen LogP contribution in [0.25, 0.3) is 0 Å². The van der Waals surface area contributed by atoms with Gasteiger partial charge < -0.3 is 20.1 Å². The minimum Gasteiger partial charge on any atom is -0.494 e. The number of benzene rings is 1. The summed E-state index contributed by atoms with van der Waals surface area (Å²) in [5, 5.41) is 11.0. The molecule has 2 aliphatic heterocycles. The quantitative estimate of drug-likeness (QED) is 0.473. The Morgan fingerprint density at radius 3 is 2.50 bits per heavy atom. The van der Waals surface area contributed by atoms with Crippen LogP contribution < -0.4 is 10.1 Å². The molecule has 1 aliphatic carbocycles. The fraction of sp³-hybridized carbons (Fsp3) is 0.591. The van der Waals surface area contributed by atoms with Crippen LogP contribution in [0.3, 0.4) is 0 Å². The number of rotatable bonds is 9. The largest absolute Gasteiger partial charge is 0.494 e. The lowest BCUT2D eigenvalue weighted by Gasteiger charge is -2.35. The fourth-order valence-corrected chi connectivity index (χ4v) is 4.54. The molecule has 0 spiro atoms. The van der Waals surface area contributed by atoms with Crippen molar-refractivity contribution in [2.75, 3.05) is 26.2 Å². The Labute approximate surface area is 176 Å². The highest BCUT2D eigenvalue weighted by Gasteiger charge is 2.45. The van der Waals surface area contributed by atoms with Crippen molar-refractivity contribution in [2.45, 2.75) is 50.7 Å². The number of nitrogens with zero attached hydrogens (tertiary/aromatic N) is 2. The second-order valence-corrected chi connectivity index (χ2v) is 8.56. The minimum atomic E-state index is -1.18. The van der Waals surface area contributed by atoms with Gasteiger partial charge in [0.25, 0.3) is 0 Å². The van der Waals surface area contributed by atoms with Crippen molar-refractivity contribution in [1.29, 1.82) is 0 Å². The Balaban J connectivity index is 1.16. The molecule has 2 heterocycles. The molecular weight excluding hydrogens is 386 g/mol. The van der Waals surface area contributed by atoms with E-state index in [1.165, 1.54) is 0 Å². The van der Waals surface area contributed by atoms with Crippen LogP contribution in [0.4, 0.5) is 4.79 Å². The molecule has 3 atom stereocenters. The van der Waals surface area contributed by atoms with Crippen LogP contribution in [0.15, 0.2) is 24.3 Å². The number of fused-ring (bicyclic) bond motifs is 2. The van der Waals surface area contributed by atoms with Gasteiger partial charge in [0.05, 0.1) is 6.61 Å². The zero-order chi connectivity index (χ0) is 21.3. The fourth-order valence-electron chi connectivity index (χ4n) is 4.54. The van der Waals surface area contributed by atoms with E-state index < -0.39 is 12.1 Å². The highest BCUT2D eigenvalue weighted by atomic mass is 16.5. The minimum absolute atomic E-state index is 0.142. The summed E-state index contributed by atoms with van der Waals surface area (Å²) in [5.74, 6) is 1.11. The van der Waals surface area contributed by atoms with Crippen LogP contribution in [0.2, 0.25) is 0 Å². The molecule has 1 saturated carbocycles. The van der Waals surface area contributed by atoms with Crippen molar-refractivity contribution < 1.29 is 24.2 Å². The molecule has 3 aliphatic rings. The lowest BCUT2D eigenvalue weighted by molar-refractivity contribution is -0.135. The molecule has 2 bridgehead atoms. The topological polar surface area (TPSA) is 99.2 Å². The number of carbonyl (C=O) groups is 3. The SMILES string of the molecule is C[C@@H](NC(=O)O)C(=O)N1C[C@@H]2C[C@H]1CN2CCCOc1ccc(C(=O)C2CC2)cc1. The van der Waals surface area contributed by atoms with Crippen molar-refractivity contribution in [3.63, 3.8) is 0 Å². The highest BCUT2D eigenvalue weighted by Crippen LogP contribution is 2.33. The van der Waals surface area contributed by atoms with Gasteiger partial charge in [0.2, 0.25) is 5.91 Å². The standard InChI is InChI=1S/C22H29N3O5/c1-14(23-22(28)29)21(27)25-13-17-11-18(25)12-24(17)9-2-10-30-19-7-5-16(6-8-19)20(26)15-3-4-15/h5-8,14-15,17-18,23H,2-4,9-13H2,1H3,(H,28,29)/t14-,17+,18+/m1/s1. The van der Waals surface area contributed by atoms with Gasteiger partial charge in [-0.1, -0.05) is 0 Å². The zero-order valence-corrected chi connectivity index (χ0v) is 17.3. The molecule has 1 aromatic carbocycles. The molecule has 0 radical (unpaired) electrons. The number of hydrogen-bond donors (Lipinski definition) is 2. The van der Waals surface area contributed by atoms with E-state index in [1.54, 1.807) is 6.92 Å². The summed E-state index contributed by atoms with van der Waals surface area (Å²) in [4.78, 5) is 39.4. The molecule has 2 amide bonds. The van der Waals surface area contributed by atoms with Gasteiger partial charge in [-0.05, 0) is 56.9 Å². The van der Waals surface area contributed by atoms with Gasteiger partial charge in [0, 0.05) is 43.2 Å². The summed E-state index contributed by atoms with van der Waals surface area (Å²) in [7, 11) is 0. The van der Waals surface area contributed by atoms with Crippen LogP contribution in [0.1, 0.15) is 43.0 Å². The summed E-state index contributed by atoms with van der Waals surface area (Å²) >= 11 is 0. The van der Waals surface area contributed by atoms with Crippen molar-refractivity contribution in [1.82, 2.24) is 15.1 Å². The molecule has 30 heavy (non-hydrogen) atoms. The number of hydrogen-bond acceptors (Lipinski definition) is 5. The Hall–Kier alpha value is -2.61. The van der Waals surface area contributed by atoms with Gasteiger partial charge in [-0.15, -0.1) is 0 Å². The van der Waals surface area contributed by atoms with Crippen molar-refractivity contribution >= 4 is 17.8 Å². The second kappa shape index (κ2) is 8.63. The maximum atomic E-state index is 12.4. The number of Topliss-reactive ketones (excluding diaryl/α,β-unsaturated/α-hetero) is 1. The predicted molar refractivity (Wildman–Crippen MR) is 110 cm³/mol. The maximum Gasteiger partial charge on any atom is 0.405 e. The average molecular weight is 415 g/mol. The molecule has 4 rings (SSSR count). The van der Waals surface area contributed by atoms with E-state index in [9.17, 15) is 14.4 Å². The summed E-state index contributed by atoms with van der Waals surface area (Å²) in [6.07, 6.45) is 2.69. The molecule has 2 N–H and O–H groups in total. The number of nitrogens with one attached hydrogen (secondary N) is 1. The van der Waals surface area contributed by atoms with E-state index in [-0.39, 0.29) is 23.7 Å². The first kappa shape index (κ1) is 20.7. The summed E-state index contributed by atoms with van der Waals surface area (Å²) in [5.41, 5.74) is 0.768. The van der Waals surface area contributed by atoms with Gasteiger partial charge in [-0.2, -0.15) is 0 Å². The molecule has 162 valence electrons. The number of amides is 2. The van der Waals surface area contributed by atoms with Crippen LogP contribution in [0, 0.1) is 5.92 Å². The average Bonchev–Trinajstić information content (AvgIpc) is 3.40. The Morgan fingerprint density at radius 1 is 1.17 bits per heavy atom. The molecule has 0 aromatic heterocycles. The van der Waals surface area contributed by atoms with E-state index >= 15 is 0 Å². The molecule has 1 aromatic rings. The molecule has 3 fully saturated rings. The monoisotopic (exact) mass is 415 g/mol. The number of ketones is 1. The summed E-state index contributed by atoms with van der Waals surface area (Å²) in [6.45, 7) is 4.59. The van der Waals surface area contributed by atoms with Crippen LogP contribution in [-0.2, 0) is 4.79 Å². The van der Waals surface area contributed by atoms with Crippen molar-refractivity contribution in [3.05, 3.63) is 29.8 Å². The van der Waals surface area contributed by atoms with Gasteiger partial charge in [0.15, 0.2) is 5.78 Å². The van der Waals surface area contributed by atoms with Gasteiger partial charge >= 0.3 is 6.09 Å². The molecule has 8 nitrogen and oxygen atoms in total. The smallest absolute Gasteiger partial charge is 0.405 e. The first-order valence-corrected chi connectivity index (χ1v) is 10.7. The van der Waals surface area contributed by atoms with Gasteiger partial charge in [-0.3, -0.25) is 14.5 Å².